The number of para-hydroxylation sites is 1. The Labute approximate surface area is 215 Å². The second kappa shape index (κ2) is 10.2. The van der Waals surface area contributed by atoms with Crippen molar-refractivity contribution in [1.82, 2.24) is 19.9 Å². The molecule has 1 saturated carbocycles. The number of piperazine rings is 1. The molecule has 3 aliphatic rings. The number of aromatic nitrogens is 2. The highest BCUT2D eigenvalue weighted by Crippen LogP contribution is 2.44. The summed E-state index contributed by atoms with van der Waals surface area (Å²) in [7, 11) is 0. The maximum Gasteiger partial charge on any atom is 0.321 e. The van der Waals surface area contributed by atoms with Gasteiger partial charge in [0.05, 0.1) is 17.3 Å². The second-order valence-electron chi connectivity index (χ2n) is 11.0. The summed E-state index contributed by atoms with van der Waals surface area (Å²) in [6.45, 7) is 10.2. The second-order valence-corrected chi connectivity index (χ2v) is 11.0. The highest BCUT2D eigenvalue weighted by Gasteiger charge is 2.45. The Balaban J connectivity index is 1.26. The summed E-state index contributed by atoms with van der Waals surface area (Å²) in [5.74, 6) is 0.579. The molecule has 3 heterocycles. The zero-order chi connectivity index (χ0) is 26.3. The Morgan fingerprint density at radius 1 is 1.14 bits per heavy atom. The summed E-state index contributed by atoms with van der Waals surface area (Å²) in [6, 6.07) is 4.82. The van der Waals surface area contributed by atoms with Crippen molar-refractivity contribution in [2.24, 2.45) is 0 Å². The van der Waals surface area contributed by atoms with Gasteiger partial charge in [0.2, 0.25) is 5.89 Å². The van der Waals surface area contributed by atoms with Gasteiger partial charge in [-0.3, -0.25) is 4.90 Å². The van der Waals surface area contributed by atoms with E-state index in [1.165, 1.54) is 6.07 Å². The van der Waals surface area contributed by atoms with Gasteiger partial charge in [-0.05, 0) is 39.2 Å². The van der Waals surface area contributed by atoms with E-state index in [1.807, 2.05) is 6.92 Å². The van der Waals surface area contributed by atoms with E-state index < -0.39 is 24.0 Å². The van der Waals surface area contributed by atoms with Gasteiger partial charge in [-0.15, -0.1) is 0 Å². The number of likely N-dealkylation sites (tertiary alicyclic amines) is 1. The molecule has 0 radical (unpaired) electrons. The third-order valence-corrected chi connectivity index (χ3v) is 8.09. The Morgan fingerprint density at radius 3 is 2.41 bits per heavy atom. The lowest BCUT2D eigenvalue weighted by molar-refractivity contribution is 0.152. The molecule has 3 fully saturated rings. The summed E-state index contributed by atoms with van der Waals surface area (Å²) in [4.78, 5) is 23.8. The van der Waals surface area contributed by atoms with Crippen molar-refractivity contribution in [3.05, 3.63) is 35.5 Å². The Hall–Kier alpha value is -2.82. The van der Waals surface area contributed by atoms with E-state index in [-0.39, 0.29) is 17.2 Å². The number of carbonyl (C=O) groups excluding carboxylic acids is 1. The highest BCUT2D eigenvalue weighted by molar-refractivity contribution is 5.94. The van der Waals surface area contributed by atoms with Gasteiger partial charge in [0.25, 0.3) is 6.43 Å². The van der Waals surface area contributed by atoms with Gasteiger partial charge < -0.3 is 19.6 Å². The lowest BCUT2D eigenvalue weighted by Crippen LogP contribution is -2.49. The lowest BCUT2D eigenvalue weighted by Gasteiger charge is -2.40. The van der Waals surface area contributed by atoms with Gasteiger partial charge in [0.15, 0.2) is 5.82 Å². The van der Waals surface area contributed by atoms with Crippen molar-refractivity contribution in [1.29, 1.82) is 0 Å². The van der Waals surface area contributed by atoms with E-state index in [0.717, 1.165) is 13.1 Å². The largest absolute Gasteiger partial charge is 0.367 e. The maximum atomic E-state index is 14.0. The number of rotatable bonds is 6. The van der Waals surface area contributed by atoms with Crippen LogP contribution in [0.25, 0.3) is 0 Å². The number of amides is 2. The molecule has 1 aliphatic carbocycles. The Kier molecular flexibility index (Phi) is 7.08. The van der Waals surface area contributed by atoms with Crippen LogP contribution in [-0.4, -0.2) is 77.5 Å². The summed E-state index contributed by atoms with van der Waals surface area (Å²) in [5.41, 5.74) is 0.231. The molecule has 1 N–H and O–H groups in total. The molecule has 0 unspecified atom stereocenters. The van der Waals surface area contributed by atoms with Gasteiger partial charge >= 0.3 is 6.03 Å². The normalized spacial score (nSPS) is 24.1. The molecular weight excluding hydrogens is 485 g/mol. The first-order valence-electron chi connectivity index (χ1n) is 13.1. The van der Waals surface area contributed by atoms with Crippen molar-refractivity contribution < 1.29 is 22.5 Å². The molecule has 11 heteroatoms. The van der Waals surface area contributed by atoms with E-state index in [0.29, 0.717) is 68.9 Å². The van der Waals surface area contributed by atoms with E-state index in [9.17, 15) is 18.0 Å². The molecule has 0 bridgehead atoms. The number of benzene rings is 1. The van der Waals surface area contributed by atoms with Crippen molar-refractivity contribution in [2.45, 2.75) is 70.0 Å². The number of nitrogens with zero attached hydrogens (tertiary/aromatic N) is 5. The van der Waals surface area contributed by atoms with Crippen LogP contribution in [-0.2, 0) is 5.41 Å². The van der Waals surface area contributed by atoms with Crippen LogP contribution in [0.5, 0.6) is 0 Å². The lowest BCUT2D eigenvalue weighted by atomic mass is 9.80. The molecule has 8 nitrogen and oxygen atoms in total. The molecule has 2 aliphatic heterocycles. The topological polar surface area (TPSA) is 77.7 Å². The fraction of sp³-hybridized carbons (Fsp3) is 0.654. The molecular formula is C26H35F3N6O2. The number of halogens is 3. The van der Waals surface area contributed by atoms with Crippen LogP contribution >= 0.6 is 0 Å². The standard InChI is InChI=1S/C26H35F3N6O2/c1-16(2)33-11-13-34(14-12-33)20-6-4-5-17(22(28)29)21(20)30-25(36)35-9-7-26(3,8-10-35)24-31-23(37-32-24)18-15-19(18)27/h4-6,16,18-19,22H,7-15H2,1-3H3,(H,30,36)/t18-,19+/m1/s1. The number of alkyl halides is 3. The minimum Gasteiger partial charge on any atom is -0.367 e. The smallest absolute Gasteiger partial charge is 0.321 e. The number of urea groups is 1. The number of anilines is 2. The van der Waals surface area contributed by atoms with Crippen molar-refractivity contribution in [2.75, 3.05) is 49.5 Å². The summed E-state index contributed by atoms with van der Waals surface area (Å²) >= 11 is 0. The van der Waals surface area contributed by atoms with Crippen LogP contribution in [0.1, 0.15) is 69.7 Å². The minimum absolute atomic E-state index is 0.176. The number of nitrogens with one attached hydrogen (secondary N) is 1. The SMILES string of the molecule is CC(C)N1CCN(c2cccc(C(F)F)c2NC(=O)N2CCC(C)(c3noc([C@@H]4C[C@@H]4F)n3)CC2)CC1. The van der Waals surface area contributed by atoms with E-state index in [1.54, 1.807) is 17.0 Å². The van der Waals surface area contributed by atoms with Gasteiger partial charge in [-0.25, -0.2) is 18.0 Å². The van der Waals surface area contributed by atoms with Crippen molar-refractivity contribution in [3.63, 3.8) is 0 Å². The third kappa shape index (κ3) is 5.28. The molecule has 0 spiro atoms. The number of hydrogen-bond acceptors (Lipinski definition) is 6. The molecule has 2 atom stereocenters. The minimum atomic E-state index is -2.71. The summed E-state index contributed by atoms with van der Waals surface area (Å²) in [6.07, 6.45) is -2.03. The highest BCUT2D eigenvalue weighted by atomic mass is 19.3. The fourth-order valence-electron chi connectivity index (χ4n) is 5.28. The molecule has 2 amide bonds. The molecule has 5 rings (SSSR count). The summed E-state index contributed by atoms with van der Waals surface area (Å²) in [5, 5.41) is 6.91. The predicted molar refractivity (Wildman–Crippen MR) is 134 cm³/mol. The Bertz CT molecular complexity index is 1110. The molecule has 1 aromatic carbocycles. The number of piperidine rings is 1. The maximum absolute atomic E-state index is 14.0. The first kappa shape index (κ1) is 25.8. The van der Waals surface area contributed by atoms with Crippen LogP contribution in [0.2, 0.25) is 0 Å². The zero-order valence-electron chi connectivity index (χ0n) is 21.6. The Morgan fingerprint density at radius 2 is 1.81 bits per heavy atom. The predicted octanol–water partition coefficient (Wildman–Crippen LogP) is 4.95. The van der Waals surface area contributed by atoms with Crippen molar-refractivity contribution >= 4 is 17.4 Å². The molecule has 2 aromatic rings. The molecule has 37 heavy (non-hydrogen) atoms. The monoisotopic (exact) mass is 520 g/mol. The van der Waals surface area contributed by atoms with Crippen LogP contribution in [0.3, 0.4) is 0 Å². The van der Waals surface area contributed by atoms with Crippen LogP contribution in [0, 0.1) is 0 Å². The first-order valence-corrected chi connectivity index (χ1v) is 13.1. The van der Waals surface area contributed by atoms with Gasteiger partial charge in [-0.2, -0.15) is 4.98 Å². The molecule has 2 saturated heterocycles. The molecule has 1 aromatic heterocycles. The fourth-order valence-corrected chi connectivity index (χ4v) is 5.28. The first-order chi connectivity index (χ1) is 17.7. The third-order valence-electron chi connectivity index (χ3n) is 8.09. The average molecular weight is 521 g/mol. The summed E-state index contributed by atoms with van der Waals surface area (Å²) < 4.78 is 46.6. The van der Waals surface area contributed by atoms with Crippen molar-refractivity contribution in [3.8, 4) is 0 Å². The van der Waals surface area contributed by atoms with Crippen LogP contribution in [0.15, 0.2) is 22.7 Å². The quantitative estimate of drug-likeness (QED) is 0.581. The van der Waals surface area contributed by atoms with E-state index >= 15 is 0 Å². The van der Waals surface area contributed by atoms with Gasteiger partial charge in [-0.1, -0.05) is 24.2 Å². The van der Waals surface area contributed by atoms with Crippen LogP contribution in [0.4, 0.5) is 29.3 Å². The van der Waals surface area contributed by atoms with Crippen LogP contribution < -0.4 is 10.2 Å². The number of hydrogen-bond donors (Lipinski definition) is 1. The van der Waals surface area contributed by atoms with Gasteiger partial charge in [0.1, 0.15) is 6.17 Å². The zero-order valence-corrected chi connectivity index (χ0v) is 21.6. The van der Waals surface area contributed by atoms with Gasteiger partial charge in [0, 0.05) is 56.3 Å². The number of carbonyl (C=O) groups is 1. The average Bonchev–Trinajstić information content (AvgIpc) is 3.40. The van der Waals surface area contributed by atoms with E-state index in [2.05, 4.69) is 39.1 Å². The molecule has 202 valence electrons. The van der Waals surface area contributed by atoms with E-state index in [4.69, 9.17) is 4.52 Å².